The SMILES string of the molecule is COc1ccc(C(=O)Cn2c(=O)n(-c3ccc(Cl)c(Cl)c3)c(=O)c3ccccc32)cc1. The van der Waals surface area contributed by atoms with E-state index < -0.39 is 11.2 Å². The number of nitrogens with zero attached hydrogens (tertiary/aromatic N) is 2. The quantitative estimate of drug-likeness (QED) is 0.420. The number of hydrogen-bond donors (Lipinski definition) is 0. The molecule has 6 nitrogen and oxygen atoms in total. The molecular formula is C23H16Cl2N2O4. The van der Waals surface area contributed by atoms with Crippen LogP contribution in [0.3, 0.4) is 0 Å². The molecule has 31 heavy (non-hydrogen) atoms. The summed E-state index contributed by atoms with van der Waals surface area (Å²) in [6, 6.07) is 17.7. The van der Waals surface area contributed by atoms with Crippen LogP contribution >= 0.6 is 23.2 Å². The maximum absolute atomic E-state index is 13.3. The molecule has 156 valence electrons. The lowest BCUT2D eigenvalue weighted by Gasteiger charge is -2.14. The van der Waals surface area contributed by atoms with E-state index in [1.54, 1.807) is 48.5 Å². The summed E-state index contributed by atoms with van der Waals surface area (Å²) in [5.41, 5.74) is -0.100. The Morgan fingerprint density at radius 2 is 1.65 bits per heavy atom. The van der Waals surface area contributed by atoms with Gasteiger partial charge in [0.05, 0.1) is 40.3 Å². The fraction of sp³-hybridized carbons (Fsp3) is 0.0870. The molecule has 8 heteroatoms. The monoisotopic (exact) mass is 454 g/mol. The second-order valence-corrected chi connectivity index (χ2v) is 7.59. The molecule has 0 saturated carbocycles. The Kier molecular flexibility index (Phi) is 5.67. The van der Waals surface area contributed by atoms with Crippen molar-refractivity contribution in [3.05, 3.63) is 103 Å². The molecule has 4 aromatic rings. The summed E-state index contributed by atoms with van der Waals surface area (Å²) in [6.07, 6.45) is 0. The van der Waals surface area contributed by atoms with Crippen LogP contribution < -0.4 is 16.0 Å². The van der Waals surface area contributed by atoms with E-state index in [2.05, 4.69) is 0 Å². The van der Waals surface area contributed by atoms with Gasteiger partial charge in [-0.3, -0.25) is 14.2 Å². The molecule has 3 aromatic carbocycles. The number of carbonyl (C=O) groups is 1. The molecule has 0 bridgehead atoms. The molecule has 0 radical (unpaired) electrons. The zero-order valence-corrected chi connectivity index (χ0v) is 17.9. The Labute approximate surface area is 186 Å². The third-order valence-electron chi connectivity index (χ3n) is 4.93. The van der Waals surface area contributed by atoms with Gasteiger partial charge in [-0.05, 0) is 54.6 Å². The molecule has 0 aliphatic carbocycles. The van der Waals surface area contributed by atoms with Crippen LogP contribution in [-0.2, 0) is 6.54 Å². The zero-order valence-electron chi connectivity index (χ0n) is 16.3. The maximum Gasteiger partial charge on any atom is 0.336 e. The van der Waals surface area contributed by atoms with E-state index in [9.17, 15) is 14.4 Å². The summed E-state index contributed by atoms with van der Waals surface area (Å²) in [6.45, 7) is -0.243. The fourth-order valence-electron chi connectivity index (χ4n) is 3.34. The summed E-state index contributed by atoms with van der Waals surface area (Å²) >= 11 is 12.1. The number of Topliss-reactive ketones (excluding diaryl/α,β-unsaturated/α-hetero) is 1. The number of carbonyl (C=O) groups excluding carboxylic acids is 1. The summed E-state index contributed by atoms with van der Waals surface area (Å²) in [5, 5.41) is 0.810. The summed E-state index contributed by atoms with van der Waals surface area (Å²) < 4.78 is 7.39. The van der Waals surface area contributed by atoms with Gasteiger partial charge in [-0.2, -0.15) is 0 Å². The number of fused-ring (bicyclic) bond motifs is 1. The molecule has 0 amide bonds. The van der Waals surface area contributed by atoms with Crippen molar-refractivity contribution in [2.75, 3.05) is 7.11 Å². The average molecular weight is 455 g/mol. The van der Waals surface area contributed by atoms with Crippen molar-refractivity contribution in [2.24, 2.45) is 0 Å². The van der Waals surface area contributed by atoms with Gasteiger partial charge >= 0.3 is 5.69 Å². The predicted molar refractivity (Wildman–Crippen MR) is 121 cm³/mol. The van der Waals surface area contributed by atoms with Crippen LogP contribution in [0.4, 0.5) is 0 Å². The van der Waals surface area contributed by atoms with E-state index in [0.29, 0.717) is 27.2 Å². The highest BCUT2D eigenvalue weighted by Crippen LogP contribution is 2.24. The average Bonchev–Trinajstić information content (AvgIpc) is 2.79. The van der Waals surface area contributed by atoms with Crippen molar-refractivity contribution in [3.63, 3.8) is 0 Å². The summed E-state index contributed by atoms with van der Waals surface area (Å²) in [5.74, 6) is 0.335. The van der Waals surface area contributed by atoms with Gasteiger partial charge in [0.2, 0.25) is 0 Å². The smallest absolute Gasteiger partial charge is 0.336 e. The number of ketones is 1. The van der Waals surface area contributed by atoms with Gasteiger partial charge in [0.25, 0.3) is 5.56 Å². The molecule has 1 heterocycles. The van der Waals surface area contributed by atoms with E-state index in [-0.39, 0.29) is 23.0 Å². The molecule has 1 aromatic heterocycles. The molecule has 0 N–H and O–H groups in total. The highest BCUT2D eigenvalue weighted by atomic mass is 35.5. The van der Waals surface area contributed by atoms with E-state index in [4.69, 9.17) is 27.9 Å². The predicted octanol–water partition coefficient (Wildman–Crippen LogP) is 4.35. The van der Waals surface area contributed by atoms with Crippen LogP contribution in [0.15, 0.2) is 76.3 Å². The molecule has 0 atom stereocenters. The van der Waals surface area contributed by atoms with Crippen LogP contribution in [0.2, 0.25) is 10.0 Å². The Morgan fingerprint density at radius 1 is 0.935 bits per heavy atom. The van der Waals surface area contributed by atoms with Crippen LogP contribution in [0, 0.1) is 0 Å². The number of methoxy groups -OCH3 is 1. The number of para-hydroxylation sites is 1. The molecule has 4 rings (SSSR count). The Bertz CT molecular complexity index is 1420. The van der Waals surface area contributed by atoms with E-state index in [0.717, 1.165) is 4.57 Å². The molecule has 0 fully saturated rings. The van der Waals surface area contributed by atoms with Crippen LogP contribution in [0.25, 0.3) is 16.6 Å². The molecular weight excluding hydrogens is 439 g/mol. The number of rotatable bonds is 5. The lowest BCUT2D eigenvalue weighted by atomic mass is 10.1. The van der Waals surface area contributed by atoms with Crippen molar-refractivity contribution in [2.45, 2.75) is 6.54 Å². The van der Waals surface area contributed by atoms with Gasteiger partial charge in [-0.1, -0.05) is 35.3 Å². The van der Waals surface area contributed by atoms with Crippen molar-refractivity contribution in [3.8, 4) is 11.4 Å². The first-order valence-corrected chi connectivity index (χ1v) is 10.0. The number of aromatic nitrogens is 2. The Morgan fingerprint density at radius 3 is 2.32 bits per heavy atom. The molecule has 0 saturated heterocycles. The molecule has 0 aliphatic heterocycles. The highest BCUT2D eigenvalue weighted by molar-refractivity contribution is 6.42. The first-order chi connectivity index (χ1) is 14.9. The minimum absolute atomic E-state index is 0.208. The van der Waals surface area contributed by atoms with Gasteiger partial charge in [-0.25, -0.2) is 9.36 Å². The third-order valence-corrected chi connectivity index (χ3v) is 5.66. The lowest BCUT2D eigenvalue weighted by molar-refractivity contribution is 0.0971. The lowest BCUT2D eigenvalue weighted by Crippen LogP contribution is -2.40. The Balaban J connectivity index is 1.90. The standard InChI is InChI=1S/C23H16Cl2N2O4/c1-31-16-9-6-14(7-10-16)21(28)13-26-20-5-3-2-4-17(20)22(29)27(23(26)30)15-8-11-18(24)19(25)12-15/h2-12H,13H2,1H3. The fourth-order valence-corrected chi connectivity index (χ4v) is 3.63. The molecule has 0 aliphatic rings. The summed E-state index contributed by atoms with van der Waals surface area (Å²) in [7, 11) is 1.54. The molecule has 0 unspecified atom stereocenters. The zero-order chi connectivity index (χ0) is 22.1. The van der Waals surface area contributed by atoms with Gasteiger partial charge in [-0.15, -0.1) is 0 Å². The maximum atomic E-state index is 13.3. The van der Waals surface area contributed by atoms with Crippen molar-refractivity contribution < 1.29 is 9.53 Å². The van der Waals surface area contributed by atoms with E-state index in [1.165, 1.54) is 29.9 Å². The van der Waals surface area contributed by atoms with Crippen LogP contribution in [0.1, 0.15) is 10.4 Å². The van der Waals surface area contributed by atoms with Crippen molar-refractivity contribution in [1.82, 2.24) is 9.13 Å². The normalized spacial score (nSPS) is 10.9. The van der Waals surface area contributed by atoms with Gasteiger partial charge in [0.15, 0.2) is 5.78 Å². The number of ether oxygens (including phenoxy) is 1. The molecule has 0 spiro atoms. The number of benzene rings is 3. The first kappa shape index (κ1) is 20.9. The third kappa shape index (κ3) is 3.87. The minimum Gasteiger partial charge on any atom is -0.497 e. The minimum atomic E-state index is -0.649. The van der Waals surface area contributed by atoms with Crippen LogP contribution in [-0.4, -0.2) is 22.0 Å². The van der Waals surface area contributed by atoms with Crippen molar-refractivity contribution in [1.29, 1.82) is 0 Å². The van der Waals surface area contributed by atoms with Crippen molar-refractivity contribution >= 4 is 39.9 Å². The Hall–Kier alpha value is -3.35. The van der Waals surface area contributed by atoms with Gasteiger partial charge in [0, 0.05) is 5.56 Å². The van der Waals surface area contributed by atoms with E-state index >= 15 is 0 Å². The number of halogens is 2. The second-order valence-electron chi connectivity index (χ2n) is 6.78. The second kappa shape index (κ2) is 8.41. The topological polar surface area (TPSA) is 70.3 Å². The number of hydrogen-bond acceptors (Lipinski definition) is 4. The summed E-state index contributed by atoms with van der Waals surface area (Å²) in [4.78, 5) is 39.4. The van der Waals surface area contributed by atoms with Gasteiger partial charge in [0.1, 0.15) is 5.75 Å². The first-order valence-electron chi connectivity index (χ1n) is 9.28. The highest BCUT2D eigenvalue weighted by Gasteiger charge is 2.18. The largest absolute Gasteiger partial charge is 0.497 e. The van der Waals surface area contributed by atoms with E-state index in [1.807, 2.05) is 0 Å². The van der Waals surface area contributed by atoms with Crippen LogP contribution in [0.5, 0.6) is 5.75 Å². The van der Waals surface area contributed by atoms with Gasteiger partial charge < -0.3 is 4.74 Å².